The van der Waals surface area contributed by atoms with Gasteiger partial charge in [0.15, 0.2) is 12.4 Å². The smallest absolute Gasteiger partial charge is 0.342 e. The molecule has 8 heteroatoms. The van der Waals surface area contributed by atoms with E-state index in [1.165, 1.54) is 18.2 Å². The molecule has 2 aromatic carbocycles. The van der Waals surface area contributed by atoms with Crippen LogP contribution in [-0.2, 0) is 19.6 Å². The molecule has 0 spiro atoms. The Morgan fingerprint density at radius 3 is 2.48 bits per heavy atom. The molecule has 0 radical (unpaired) electrons. The Balaban J connectivity index is 2.19. The number of carbonyl (C=O) groups is 2. The van der Waals surface area contributed by atoms with Crippen LogP contribution >= 0.6 is 0 Å². The van der Waals surface area contributed by atoms with E-state index in [-0.39, 0.29) is 22.3 Å². The van der Waals surface area contributed by atoms with Gasteiger partial charge < -0.3 is 14.2 Å². The third kappa shape index (κ3) is 6.05. The first-order chi connectivity index (χ1) is 13.6. The summed E-state index contributed by atoms with van der Waals surface area (Å²) in [4.78, 5) is 24.2. The van der Waals surface area contributed by atoms with Crippen molar-refractivity contribution < 1.29 is 26.9 Å². The Morgan fingerprint density at radius 1 is 1.10 bits per heavy atom. The molecule has 0 bridgehead atoms. The van der Waals surface area contributed by atoms with Crippen molar-refractivity contribution in [3.63, 3.8) is 0 Å². The van der Waals surface area contributed by atoms with Crippen LogP contribution in [0.1, 0.15) is 41.8 Å². The van der Waals surface area contributed by atoms with Gasteiger partial charge in [0, 0.05) is 6.04 Å². The lowest BCUT2D eigenvalue weighted by Crippen LogP contribution is -2.35. The van der Waals surface area contributed by atoms with Crippen molar-refractivity contribution in [3.8, 4) is 5.75 Å². The first kappa shape index (κ1) is 22.4. The van der Waals surface area contributed by atoms with Crippen LogP contribution in [0.25, 0.3) is 0 Å². The van der Waals surface area contributed by atoms with Gasteiger partial charge in [0.1, 0.15) is 10.5 Å². The highest BCUT2D eigenvalue weighted by molar-refractivity contribution is 7.87. The SMILES string of the molecule is CC[C@@H](C)NC(=O)COC(=O)c1ccccc1OS(=O)(=O)c1cc(C)ccc1C. The molecule has 0 saturated heterocycles. The highest BCUT2D eigenvalue weighted by atomic mass is 32.2. The fourth-order valence-electron chi connectivity index (χ4n) is 2.48. The Kier molecular flexibility index (Phi) is 7.39. The normalized spacial score (nSPS) is 12.1. The number of nitrogens with one attached hydrogen (secondary N) is 1. The van der Waals surface area contributed by atoms with Crippen molar-refractivity contribution in [2.75, 3.05) is 6.61 Å². The Bertz CT molecular complexity index is 1000. The van der Waals surface area contributed by atoms with E-state index in [0.717, 1.165) is 12.0 Å². The molecule has 0 aliphatic rings. The summed E-state index contributed by atoms with van der Waals surface area (Å²) in [6, 6.07) is 10.8. The molecule has 0 fully saturated rings. The predicted octanol–water partition coefficient (Wildman–Crippen LogP) is 3.14. The minimum absolute atomic E-state index is 0.0219. The van der Waals surface area contributed by atoms with E-state index in [4.69, 9.17) is 8.92 Å². The van der Waals surface area contributed by atoms with E-state index in [1.54, 1.807) is 38.1 Å². The highest BCUT2D eigenvalue weighted by Crippen LogP contribution is 2.25. The maximum absolute atomic E-state index is 12.7. The third-order valence-electron chi connectivity index (χ3n) is 4.27. The van der Waals surface area contributed by atoms with E-state index in [9.17, 15) is 18.0 Å². The Morgan fingerprint density at radius 2 is 1.79 bits per heavy atom. The van der Waals surface area contributed by atoms with Crippen LogP contribution in [0.4, 0.5) is 0 Å². The number of aryl methyl sites for hydroxylation is 2. The van der Waals surface area contributed by atoms with E-state index in [2.05, 4.69) is 5.32 Å². The number of rotatable bonds is 8. The van der Waals surface area contributed by atoms with E-state index < -0.39 is 28.6 Å². The van der Waals surface area contributed by atoms with Crippen molar-refractivity contribution in [3.05, 3.63) is 59.2 Å². The van der Waals surface area contributed by atoms with Crippen molar-refractivity contribution in [2.24, 2.45) is 0 Å². The average molecular weight is 419 g/mol. The summed E-state index contributed by atoms with van der Waals surface area (Å²) >= 11 is 0. The quantitative estimate of drug-likeness (QED) is 0.521. The van der Waals surface area contributed by atoms with Crippen LogP contribution in [0.3, 0.4) is 0 Å². The molecule has 0 heterocycles. The summed E-state index contributed by atoms with van der Waals surface area (Å²) in [6.07, 6.45) is 0.743. The minimum Gasteiger partial charge on any atom is -0.452 e. The van der Waals surface area contributed by atoms with Gasteiger partial charge in [-0.15, -0.1) is 0 Å². The standard InChI is InChI=1S/C21H25NO6S/c1-5-16(4)22-20(23)13-27-21(24)17-8-6-7-9-18(17)28-29(25,26)19-12-14(2)10-11-15(19)3/h6-12,16H,5,13H2,1-4H3,(H,22,23)/t16-/m1/s1. The summed E-state index contributed by atoms with van der Waals surface area (Å²) in [6.45, 7) is 6.71. The lowest BCUT2D eigenvalue weighted by molar-refractivity contribution is -0.124. The lowest BCUT2D eigenvalue weighted by atomic mass is 10.2. The van der Waals surface area contributed by atoms with Crippen LogP contribution in [0.15, 0.2) is 47.4 Å². The second-order valence-corrected chi connectivity index (χ2v) is 8.27. The van der Waals surface area contributed by atoms with E-state index >= 15 is 0 Å². The molecule has 1 atom stereocenters. The molecule has 7 nitrogen and oxygen atoms in total. The molecule has 1 N–H and O–H groups in total. The zero-order chi connectivity index (χ0) is 21.6. The van der Waals surface area contributed by atoms with Crippen LogP contribution in [0.2, 0.25) is 0 Å². The molecule has 0 saturated carbocycles. The third-order valence-corrected chi connectivity index (χ3v) is 5.65. The molecule has 156 valence electrons. The van der Waals surface area contributed by atoms with Gasteiger partial charge in [0.25, 0.3) is 5.91 Å². The van der Waals surface area contributed by atoms with Gasteiger partial charge in [0.05, 0.1) is 0 Å². The molecule has 0 aromatic heterocycles. The Labute approximate surface area is 171 Å². The van der Waals surface area contributed by atoms with Crippen molar-refractivity contribution in [2.45, 2.75) is 45.1 Å². The van der Waals surface area contributed by atoms with Crippen LogP contribution < -0.4 is 9.50 Å². The maximum Gasteiger partial charge on any atom is 0.342 e. The summed E-state index contributed by atoms with van der Waals surface area (Å²) in [7, 11) is -4.16. The molecule has 0 unspecified atom stereocenters. The minimum atomic E-state index is -4.16. The number of amides is 1. The first-order valence-corrected chi connectivity index (χ1v) is 10.6. The van der Waals surface area contributed by atoms with Gasteiger partial charge in [0.2, 0.25) is 0 Å². The summed E-state index contributed by atoms with van der Waals surface area (Å²) in [5.74, 6) is -1.45. The highest BCUT2D eigenvalue weighted by Gasteiger charge is 2.23. The molecule has 29 heavy (non-hydrogen) atoms. The van der Waals surface area contributed by atoms with Crippen molar-refractivity contribution in [1.82, 2.24) is 5.32 Å². The van der Waals surface area contributed by atoms with Crippen LogP contribution in [0, 0.1) is 13.8 Å². The molecule has 2 rings (SSSR count). The topological polar surface area (TPSA) is 98.8 Å². The average Bonchev–Trinajstić information content (AvgIpc) is 2.67. The van der Waals surface area contributed by atoms with Gasteiger partial charge in [-0.05, 0) is 56.5 Å². The molecule has 0 aliphatic carbocycles. The molecule has 0 aliphatic heterocycles. The monoisotopic (exact) mass is 419 g/mol. The first-order valence-electron chi connectivity index (χ1n) is 9.21. The fraction of sp³-hybridized carbons (Fsp3) is 0.333. The lowest BCUT2D eigenvalue weighted by Gasteiger charge is -2.14. The van der Waals surface area contributed by atoms with Gasteiger partial charge in [-0.2, -0.15) is 8.42 Å². The fourth-order valence-corrected chi connectivity index (χ4v) is 3.74. The zero-order valence-corrected chi connectivity index (χ0v) is 17.7. The second kappa shape index (κ2) is 9.56. The largest absolute Gasteiger partial charge is 0.452 e. The molecule has 1 amide bonds. The number of benzene rings is 2. The van der Waals surface area contributed by atoms with Gasteiger partial charge in [-0.3, -0.25) is 4.79 Å². The molecular formula is C21H25NO6S. The molecule has 2 aromatic rings. The molecular weight excluding hydrogens is 394 g/mol. The zero-order valence-electron chi connectivity index (χ0n) is 16.9. The summed E-state index contributed by atoms with van der Waals surface area (Å²) < 4.78 is 35.7. The van der Waals surface area contributed by atoms with E-state index in [1.807, 2.05) is 13.8 Å². The predicted molar refractivity (Wildman–Crippen MR) is 108 cm³/mol. The van der Waals surface area contributed by atoms with Crippen molar-refractivity contribution >= 4 is 22.0 Å². The number of para-hydroxylation sites is 1. The van der Waals surface area contributed by atoms with Gasteiger partial charge >= 0.3 is 16.1 Å². The number of ether oxygens (including phenoxy) is 1. The summed E-state index contributed by atoms with van der Waals surface area (Å²) in [5, 5.41) is 2.68. The van der Waals surface area contributed by atoms with Crippen LogP contribution in [-0.4, -0.2) is 32.9 Å². The number of hydrogen-bond donors (Lipinski definition) is 1. The Hall–Kier alpha value is -2.87. The second-order valence-electron chi connectivity index (χ2n) is 6.76. The van der Waals surface area contributed by atoms with Crippen LogP contribution in [0.5, 0.6) is 5.75 Å². The van der Waals surface area contributed by atoms with E-state index in [0.29, 0.717) is 5.56 Å². The van der Waals surface area contributed by atoms with Gasteiger partial charge in [-0.1, -0.05) is 31.2 Å². The number of hydrogen-bond acceptors (Lipinski definition) is 6. The van der Waals surface area contributed by atoms with Gasteiger partial charge in [-0.25, -0.2) is 4.79 Å². The summed E-state index contributed by atoms with van der Waals surface area (Å²) in [5.41, 5.74) is 1.20. The number of carbonyl (C=O) groups excluding carboxylic acids is 2. The van der Waals surface area contributed by atoms with Crippen molar-refractivity contribution in [1.29, 1.82) is 0 Å². The number of esters is 1. The maximum atomic E-state index is 12.7.